The van der Waals surface area contributed by atoms with Crippen molar-refractivity contribution in [2.75, 3.05) is 25.5 Å². The van der Waals surface area contributed by atoms with Crippen LogP contribution < -0.4 is 5.32 Å². The number of anilines is 1. The van der Waals surface area contributed by atoms with Gasteiger partial charge < -0.3 is 5.32 Å². The number of aromatic nitrogens is 2. The first-order valence-corrected chi connectivity index (χ1v) is 9.53. The Bertz CT molecular complexity index is 733. The van der Waals surface area contributed by atoms with Crippen LogP contribution in [0.4, 0.5) is 9.52 Å². The summed E-state index contributed by atoms with van der Waals surface area (Å²) in [5.74, 6) is 0.698. The molecule has 1 aliphatic carbocycles. The van der Waals surface area contributed by atoms with E-state index in [4.69, 9.17) is 11.6 Å². The van der Waals surface area contributed by atoms with Gasteiger partial charge in [0.25, 0.3) is 0 Å². The minimum absolute atomic E-state index is 0.176. The summed E-state index contributed by atoms with van der Waals surface area (Å²) in [7, 11) is 2.09. The van der Waals surface area contributed by atoms with Gasteiger partial charge in [0.05, 0.1) is 5.02 Å². The van der Waals surface area contributed by atoms with Crippen LogP contribution in [0.2, 0.25) is 5.02 Å². The van der Waals surface area contributed by atoms with Crippen LogP contribution in [0, 0.1) is 11.7 Å². The highest BCUT2D eigenvalue weighted by Gasteiger charge is 2.33. The number of likely N-dealkylation sites (tertiary alicyclic amines) is 1. The molecule has 2 atom stereocenters. The first-order chi connectivity index (χ1) is 11.6. The van der Waals surface area contributed by atoms with Crippen LogP contribution in [0.15, 0.2) is 18.2 Å². The number of halogens is 2. The second-order valence-corrected chi connectivity index (χ2v) is 8.16. The minimum Gasteiger partial charge on any atom is -0.360 e. The van der Waals surface area contributed by atoms with Crippen molar-refractivity contribution in [3.8, 4) is 0 Å². The van der Waals surface area contributed by atoms with Crippen molar-refractivity contribution >= 4 is 28.1 Å². The molecule has 0 spiro atoms. The molecule has 0 bridgehead atoms. The summed E-state index contributed by atoms with van der Waals surface area (Å²) in [6.07, 6.45) is 3.56. The Hall–Kier alpha value is -1.24. The van der Waals surface area contributed by atoms with Crippen molar-refractivity contribution in [1.29, 1.82) is 0 Å². The molecule has 1 saturated heterocycles. The Morgan fingerprint density at radius 1 is 1.33 bits per heavy atom. The molecular weight excluding hydrogens is 347 g/mol. The van der Waals surface area contributed by atoms with E-state index in [1.165, 1.54) is 12.8 Å². The monoisotopic (exact) mass is 366 g/mol. The number of nitrogens with zero attached hydrogens (tertiary/aromatic N) is 3. The van der Waals surface area contributed by atoms with Crippen LogP contribution in [-0.2, 0) is 0 Å². The fourth-order valence-corrected chi connectivity index (χ4v) is 4.52. The summed E-state index contributed by atoms with van der Waals surface area (Å²) in [6, 6.07) is 5.34. The quantitative estimate of drug-likeness (QED) is 0.855. The highest BCUT2D eigenvalue weighted by atomic mass is 35.5. The first-order valence-electron chi connectivity index (χ1n) is 8.34. The molecule has 1 aromatic heterocycles. The summed E-state index contributed by atoms with van der Waals surface area (Å²) >= 11 is 7.48. The maximum Gasteiger partial charge on any atom is 0.205 e. The predicted molar refractivity (Wildman–Crippen MR) is 95.3 cm³/mol. The lowest BCUT2D eigenvalue weighted by atomic mass is 9.93. The van der Waals surface area contributed by atoms with E-state index in [1.807, 2.05) is 6.07 Å². The molecule has 2 heterocycles. The van der Waals surface area contributed by atoms with E-state index in [1.54, 1.807) is 23.5 Å². The van der Waals surface area contributed by atoms with Gasteiger partial charge in [0, 0.05) is 18.5 Å². The minimum atomic E-state index is -0.348. The predicted octanol–water partition coefficient (Wildman–Crippen LogP) is 4.31. The van der Waals surface area contributed by atoms with Crippen molar-refractivity contribution in [2.24, 2.45) is 5.92 Å². The Labute approximate surface area is 150 Å². The Kier molecular flexibility index (Phi) is 4.45. The van der Waals surface area contributed by atoms with Crippen molar-refractivity contribution in [1.82, 2.24) is 15.1 Å². The lowest BCUT2D eigenvalue weighted by molar-refractivity contribution is 0.281. The second-order valence-electron chi connectivity index (χ2n) is 6.75. The fraction of sp³-hybridized carbons (Fsp3) is 0.529. The Morgan fingerprint density at radius 3 is 2.92 bits per heavy atom. The summed E-state index contributed by atoms with van der Waals surface area (Å²) < 4.78 is 13.8. The molecule has 7 heteroatoms. The molecule has 2 aliphatic rings. The second kappa shape index (κ2) is 6.58. The average Bonchev–Trinajstić information content (AvgIpc) is 3.20. The van der Waals surface area contributed by atoms with E-state index in [2.05, 4.69) is 27.5 Å². The molecule has 1 aliphatic heterocycles. The SMILES string of the molecule is CN1CCC(CNc2nnc(C3CC3)s2)C1c1ccc(Cl)c(F)c1. The summed E-state index contributed by atoms with van der Waals surface area (Å²) in [5.41, 5.74) is 0.986. The van der Waals surface area contributed by atoms with Gasteiger partial charge in [-0.1, -0.05) is 29.0 Å². The van der Waals surface area contributed by atoms with Gasteiger partial charge in [-0.15, -0.1) is 10.2 Å². The molecule has 0 amide bonds. The van der Waals surface area contributed by atoms with Crippen LogP contribution in [-0.4, -0.2) is 35.2 Å². The molecule has 4 rings (SSSR count). The third-order valence-corrected chi connectivity index (χ3v) is 6.29. The van der Waals surface area contributed by atoms with Crippen LogP contribution in [0.25, 0.3) is 0 Å². The van der Waals surface area contributed by atoms with Gasteiger partial charge >= 0.3 is 0 Å². The normalized spacial score (nSPS) is 24.5. The van der Waals surface area contributed by atoms with E-state index in [0.717, 1.165) is 35.2 Å². The smallest absolute Gasteiger partial charge is 0.205 e. The summed E-state index contributed by atoms with van der Waals surface area (Å²) in [5, 5.41) is 14.2. The number of hydrogen-bond donors (Lipinski definition) is 1. The zero-order valence-corrected chi connectivity index (χ0v) is 15.1. The number of hydrogen-bond acceptors (Lipinski definition) is 5. The number of rotatable bonds is 5. The molecule has 0 radical (unpaired) electrons. The van der Waals surface area contributed by atoms with Gasteiger partial charge in [0.1, 0.15) is 10.8 Å². The highest BCUT2D eigenvalue weighted by molar-refractivity contribution is 7.15. The molecule has 2 fully saturated rings. The van der Waals surface area contributed by atoms with E-state index in [9.17, 15) is 4.39 Å². The Balaban J connectivity index is 1.45. The highest BCUT2D eigenvalue weighted by Crippen LogP contribution is 2.42. The molecule has 128 valence electrons. The van der Waals surface area contributed by atoms with E-state index < -0.39 is 0 Å². The Morgan fingerprint density at radius 2 is 2.17 bits per heavy atom. The fourth-order valence-electron chi connectivity index (χ4n) is 3.48. The van der Waals surface area contributed by atoms with E-state index >= 15 is 0 Å². The molecular formula is C17H20ClFN4S. The van der Waals surface area contributed by atoms with Gasteiger partial charge in [-0.3, -0.25) is 4.90 Å². The molecule has 24 heavy (non-hydrogen) atoms. The molecule has 2 aromatic rings. The molecule has 2 unspecified atom stereocenters. The third kappa shape index (κ3) is 3.27. The van der Waals surface area contributed by atoms with Crippen LogP contribution in [0.1, 0.15) is 41.8 Å². The van der Waals surface area contributed by atoms with Gasteiger partial charge in [-0.2, -0.15) is 0 Å². The zero-order chi connectivity index (χ0) is 16.7. The summed E-state index contributed by atoms with van der Waals surface area (Å²) in [6.45, 7) is 1.82. The number of benzene rings is 1. The van der Waals surface area contributed by atoms with E-state index in [-0.39, 0.29) is 16.9 Å². The van der Waals surface area contributed by atoms with Crippen molar-refractivity contribution in [2.45, 2.75) is 31.2 Å². The lowest BCUT2D eigenvalue weighted by Gasteiger charge is -2.26. The van der Waals surface area contributed by atoms with E-state index in [0.29, 0.717) is 11.8 Å². The third-order valence-electron chi connectivity index (χ3n) is 4.94. The molecule has 1 N–H and O–H groups in total. The zero-order valence-electron chi connectivity index (χ0n) is 13.5. The van der Waals surface area contributed by atoms with Gasteiger partial charge in [0.15, 0.2) is 0 Å². The standard InChI is InChI=1S/C17H20ClFN4S/c1-23-7-6-12(15(23)11-4-5-13(18)14(19)8-11)9-20-17-22-21-16(24-17)10-2-3-10/h4-5,8,10,12,15H,2-3,6-7,9H2,1H3,(H,20,22). The van der Waals surface area contributed by atoms with Gasteiger partial charge in [-0.05, 0) is 56.5 Å². The van der Waals surface area contributed by atoms with Gasteiger partial charge in [-0.25, -0.2) is 4.39 Å². The van der Waals surface area contributed by atoms with Crippen molar-refractivity contribution in [3.63, 3.8) is 0 Å². The molecule has 1 saturated carbocycles. The lowest BCUT2D eigenvalue weighted by Crippen LogP contribution is -2.25. The maximum atomic E-state index is 13.8. The topological polar surface area (TPSA) is 41.0 Å². The molecule has 4 nitrogen and oxygen atoms in total. The van der Waals surface area contributed by atoms with Crippen molar-refractivity contribution < 1.29 is 4.39 Å². The molecule has 1 aromatic carbocycles. The van der Waals surface area contributed by atoms with Crippen LogP contribution in [0.3, 0.4) is 0 Å². The first kappa shape index (κ1) is 16.2. The largest absolute Gasteiger partial charge is 0.360 e. The maximum absolute atomic E-state index is 13.8. The van der Waals surface area contributed by atoms with Crippen molar-refractivity contribution in [3.05, 3.63) is 39.6 Å². The van der Waals surface area contributed by atoms with Crippen LogP contribution >= 0.6 is 22.9 Å². The average molecular weight is 367 g/mol. The van der Waals surface area contributed by atoms with Crippen LogP contribution in [0.5, 0.6) is 0 Å². The number of nitrogens with one attached hydrogen (secondary N) is 1. The van der Waals surface area contributed by atoms with Gasteiger partial charge in [0.2, 0.25) is 5.13 Å². The summed E-state index contributed by atoms with van der Waals surface area (Å²) in [4.78, 5) is 2.28.